The number of halogens is 1. The number of aryl methyl sites for hydroxylation is 1. The number of nitrogens with two attached hydrogens (primary N) is 1. The number of nitrogen functional groups attached to an aromatic ring is 1. The number of nitrogens with zero attached hydrogens (tertiary/aromatic N) is 3. The molecule has 1 aromatic carbocycles. The van der Waals surface area contributed by atoms with Crippen LogP contribution in [-0.4, -0.2) is 27.4 Å². The van der Waals surface area contributed by atoms with Gasteiger partial charge in [0.1, 0.15) is 6.33 Å². The Morgan fingerprint density at radius 3 is 2.81 bits per heavy atom. The Labute approximate surface area is 123 Å². The van der Waals surface area contributed by atoms with Gasteiger partial charge in [-0.2, -0.15) is 5.10 Å². The molecule has 0 radical (unpaired) electrons. The van der Waals surface area contributed by atoms with Gasteiger partial charge in [-0.15, -0.1) is 0 Å². The molecular weight excluding hydrogens is 273 g/mol. The summed E-state index contributed by atoms with van der Waals surface area (Å²) in [4.78, 5) is 4.14. The molecule has 0 saturated heterocycles. The van der Waals surface area contributed by atoms with E-state index in [1.807, 2.05) is 20.9 Å². The van der Waals surface area contributed by atoms with E-state index in [0.717, 1.165) is 5.82 Å². The van der Waals surface area contributed by atoms with Gasteiger partial charge in [0.15, 0.2) is 17.4 Å². The molecule has 0 fully saturated rings. The summed E-state index contributed by atoms with van der Waals surface area (Å²) >= 11 is 0. The van der Waals surface area contributed by atoms with Crippen molar-refractivity contribution in [3.63, 3.8) is 0 Å². The van der Waals surface area contributed by atoms with Crippen molar-refractivity contribution < 1.29 is 9.13 Å². The smallest absolute Gasteiger partial charge is 0.167 e. The third kappa shape index (κ3) is 4.08. The Balaban J connectivity index is 2.01. The van der Waals surface area contributed by atoms with E-state index in [9.17, 15) is 4.39 Å². The number of hydrogen-bond donors (Lipinski definition) is 2. The molecule has 1 aromatic heterocycles. The molecule has 0 amide bonds. The van der Waals surface area contributed by atoms with Crippen molar-refractivity contribution in [2.45, 2.75) is 26.4 Å². The molecule has 114 valence electrons. The lowest BCUT2D eigenvalue weighted by Crippen LogP contribution is -2.11. The number of anilines is 2. The van der Waals surface area contributed by atoms with Crippen LogP contribution in [0.15, 0.2) is 18.5 Å². The summed E-state index contributed by atoms with van der Waals surface area (Å²) in [6.07, 6.45) is 2.20. The van der Waals surface area contributed by atoms with Crippen LogP contribution >= 0.6 is 0 Å². The lowest BCUT2D eigenvalue weighted by molar-refractivity contribution is 0.231. The largest absolute Gasteiger partial charge is 0.488 e. The number of hydrogen-bond acceptors (Lipinski definition) is 5. The summed E-state index contributed by atoms with van der Waals surface area (Å²) in [7, 11) is 1.82. The average molecular weight is 293 g/mol. The molecule has 0 saturated carbocycles. The molecular formula is C14H20FN5O. The second-order valence-corrected chi connectivity index (χ2v) is 5.05. The molecule has 21 heavy (non-hydrogen) atoms. The molecule has 1 heterocycles. The monoisotopic (exact) mass is 293 g/mol. The summed E-state index contributed by atoms with van der Waals surface area (Å²) in [5.41, 5.74) is 6.80. The maximum Gasteiger partial charge on any atom is 0.167 e. The van der Waals surface area contributed by atoms with Crippen molar-refractivity contribution in [2.75, 3.05) is 17.6 Å². The lowest BCUT2D eigenvalue weighted by atomic mass is 10.2. The van der Waals surface area contributed by atoms with Crippen LogP contribution in [-0.2, 0) is 13.5 Å². The quantitative estimate of drug-likeness (QED) is 0.796. The Kier molecular flexibility index (Phi) is 4.62. The predicted molar refractivity (Wildman–Crippen MR) is 79.8 cm³/mol. The standard InChI is InChI=1S/C14H20FN5O/c1-9(2)21-13-7-12(11(16)6-10(13)15)17-5-4-14-18-8-20(3)19-14/h6-9,17H,4-5,16H2,1-3H3. The number of benzene rings is 1. The molecule has 3 N–H and O–H groups in total. The van der Waals surface area contributed by atoms with E-state index in [4.69, 9.17) is 10.5 Å². The number of ether oxygens (including phenoxy) is 1. The van der Waals surface area contributed by atoms with E-state index in [0.29, 0.717) is 24.3 Å². The summed E-state index contributed by atoms with van der Waals surface area (Å²) in [5, 5.41) is 7.34. The molecule has 2 aromatic rings. The maximum atomic E-state index is 13.7. The highest BCUT2D eigenvalue weighted by Gasteiger charge is 2.10. The third-order valence-electron chi connectivity index (χ3n) is 2.78. The Morgan fingerprint density at radius 1 is 1.43 bits per heavy atom. The van der Waals surface area contributed by atoms with Gasteiger partial charge in [0.05, 0.1) is 17.5 Å². The van der Waals surface area contributed by atoms with Gasteiger partial charge in [-0.3, -0.25) is 4.68 Å². The molecule has 0 aliphatic carbocycles. The van der Waals surface area contributed by atoms with Crippen molar-refractivity contribution >= 4 is 11.4 Å². The first kappa shape index (κ1) is 15.1. The van der Waals surface area contributed by atoms with Gasteiger partial charge in [0.2, 0.25) is 0 Å². The molecule has 0 unspecified atom stereocenters. The van der Waals surface area contributed by atoms with Gasteiger partial charge in [-0.1, -0.05) is 0 Å². The zero-order chi connectivity index (χ0) is 15.4. The maximum absolute atomic E-state index is 13.7. The minimum Gasteiger partial charge on any atom is -0.488 e. The van der Waals surface area contributed by atoms with E-state index >= 15 is 0 Å². The van der Waals surface area contributed by atoms with E-state index in [1.54, 1.807) is 17.1 Å². The topological polar surface area (TPSA) is 78.0 Å². The van der Waals surface area contributed by atoms with Crippen LogP contribution < -0.4 is 15.8 Å². The van der Waals surface area contributed by atoms with Crippen molar-refractivity contribution in [1.29, 1.82) is 0 Å². The zero-order valence-electron chi connectivity index (χ0n) is 12.4. The average Bonchev–Trinajstić information content (AvgIpc) is 2.80. The molecule has 2 rings (SSSR count). The normalized spacial score (nSPS) is 10.9. The van der Waals surface area contributed by atoms with E-state index in [-0.39, 0.29) is 11.9 Å². The molecule has 0 aliphatic heterocycles. The Hall–Kier alpha value is -2.31. The lowest BCUT2D eigenvalue weighted by Gasteiger charge is -2.14. The van der Waals surface area contributed by atoms with Crippen LogP contribution in [0.25, 0.3) is 0 Å². The number of aromatic nitrogens is 3. The first-order valence-electron chi connectivity index (χ1n) is 6.79. The second-order valence-electron chi connectivity index (χ2n) is 5.05. The fourth-order valence-corrected chi connectivity index (χ4v) is 1.87. The van der Waals surface area contributed by atoms with Crippen molar-refractivity contribution in [3.05, 3.63) is 30.1 Å². The summed E-state index contributed by atoms with van der Waals surface area (Å²) < 4.78 is 20.8. The fourth-order valence-electron chi connectivity index (χ4n) is 1.87. The Bertz CT molecular complexity index is 611. The Morgan fingerprint density at radius 2 is 2.19 bits per heavy atom. The molecule has 0 spiro atoms. The van der Waals surface area contributed by atoms with Crippen molar-refractivity contribution in [1.82, 2.24) is 14.8 Å². The fraction of sp³-hybridized carbons (Fsp3) is 0.429. The summed E-state index contributed by atoms with van der Waals surface area (Å²) in [6, 6.07) is 2.84. The molecule has 7 heteroatoms. The van der Waals surface area contributed by atoms with E-state index in [2.05, 4.69) is 15.4 Å². The predicted octanol–water partition coefficient (Wildman–Crippen LogP) is 1.98. The van der Waals surface area contributed by atoms with Gasteiger partial charge in [0.25, 0.3) is 0 Å². The second kappa shape index (κ2) is 6.43. The first-order chi connectivity index (χ1) is 9.95. The van der Waals surface area contributed by atoms with Gasteiger partial charge < -0.3 is 15.8 Å². The van der Waals surface area contributed by atoms with Gasteiger partial charge in [0, 0.05) is 32.1 Å². The molecule has 0 bridgehead atoms. The minimum atomic E-state index is -0.460. The van der Waals surface area contributed by atoms with Crippen LogP contribution in [0, 0.1) is 5.82 Å². The number of rotatable bonds is 6. The first-order valence-corrected chi connectivity index (χ1v) is 6.79. The van der Waals surface area contributed by atoms with Gasteiger partial charge >= 0.3 is 0 Å². The van der Waals surface area contributed by atoms with Crippen molar-refractivity contribution in [2.24, 2.45) is 7.05 Å². The van der Waals surface area contributed by atoms with Gasteiger partial charge in [-0.05, 0) is 13.8 Å². The highest BCUT2D eigenvalue weighted by molar-refractivity contribution is 5.68. The van der Waals surface area contributed by atoms with Crippen LogP contribution in [0.3, 0.4) is 0 Å². The molecule has 6 nitrogen and oxygen atoms in total. The minimum absolute atomic E-state index is 0.103. The SMILES string of the molecule is CC(C)Oc1cc(NCCc2ncn(C)n2)c(N)cc1F. The number of nitrogens with one attached hydrogen (secondary N) is 1. The van der Waals surface area contributed by atoms with Crippen LogP contribution in [0.1, 0.15) is 19.7 Å². The van der Waals surface area contributed by atoms with E-state index < -0.39 is 5.82 Å². The van der Waals surface area contributed by atoms with E-state index in [1.165, 1.54) is 6.07 Å². The van der Waals surface area contributed by atoms with Crippen LogP contribution in [0.2, 0.25) is 0 Å². The summed E-state index contributed by atoms with van der Waals surface area (Å²) in [6.45, 7) is 4.28. The molecule has 0 aliphatic rings. The van der Waals surface area contributed by atoms with Crippen molar-refractivity contribution in [3.8, 4) is 5.75 Å². The third-order valence-corrected chi connectivity index (χ3v) is 2.78. The summed E-state index contributed by atoms with van der Waals surface area (Å²) in [5.74, 6) is 0.472. The highest BCUT2D eigenvalue weighted by atomic mass is 19.1. The molecule has 0 atom stereocenters. The van der Waals surface area contributed by atoms with Crippen LogP contribution in [0.5, 0.6) is 5.75 Å². The highest BCUT2D eigenvalue weighted by Crippen LogP contribution is 2.28. The van der Waals surface area contributed by atoms with Crippen LogP contribution in [0.4, 0.5) is 15.8 Å². The van der Waals surface area contributed by atoms with Gasteiger partial charge in [-0.25, -0.2) is 9.37 Å². The zero-order valence-corrected chi connectivity index (χ0v) is 12.4.